The molecule has 1 unspecified atom stereocenters. The number of hydrogen-bond donors (Lipinski definition) is 1. The van der Waals surface area contributed by atoms with Gasteiger partial charge in [-0.1, -0.05) is 45.8 Å². The van der Waals surface area contributed by atoms with Crippen molar-refractivity contribution < 1.29 is 9.59 Å². The SMILES string of the molecule is CC(=O)NC1(c2ccc(Br)cc2)C(=O)N(C)c2ccc(C)cc21. The number of nitrogens with one attached hydrogen (secondary N) is 1. The lowest BCUT2D eigenvalue weighted by Crippen LogP contribution is -2.52. The quantitative estimate of drug-likeness (QED) is 0.880. The van der Waals surface area contributed by atoms with Crippen molar-refractivity contribution in [2.75, 3.05) is 11.9 Å². The van der Waals surface area contributed by atoms with E-state index >= 15 is 0 Å². The Morgan fingerprint density at radius 1 is 1.17 bits per heavy atom. The maximum Gasteiger partial charge on any atom is 0.261 e. The molecule has 0 aromatic heterocycles. The molecular weight excluding hydrogens is 356 g/mol. The van der Waals surface area contributed by atoms with Gasteiger partial charge in [0.1, 0.15) is 0 Å². The van der Waals surface area contributed by atoms with Crippen LogP contribution in [0.2, 0.25) is 0 Å². The zero-order valence-electron chi connectivity index (χ0n) is 13.2. The maximum absolute atomic E-state index is 13.1. The zero-order chi connectivity index (χ0) is 16.8. The van der Waals surface area contributed by atoms with Gasteiger partial charge in [0.25, 0.3) is 5.91 Å². The maximum atomic E-state index is 13.1. The van der Waals surface area contributed by atoms with E-state index in [2.05, 4.69) is 21.2 Å². The summed E-state index contributed by atoms with van der Waals surface area (Å²) in [5.41, 5.74) is 2.23. The van der Waals surface area contributed by atoms with Gasteiger partial charge in [0.15, 0.2) is 5.54 Å². The minimum absolute atomic E-state index is 0.157. The van der Waals surface area contributed by atoms with Crippen molar-refractivity contribution >= 4 is 33.4 Å². The number of likely N-dealkylation sites (N-methyl/N-ethyl adjacent to an activating group) is 1. The lowest BCUT2D eigenvalue weighted by Gasteiger charge is -2.30. The van der Waals surface area contributed by atoms with Crippen LogP contribution in [0.3, 0.4) is 0 Å². The van der Waals surface area contributed by atoms with Crippen LogP contribution in [0.5, 0.6) is 0 Å². The zero-order valence-corrected chi connectivity index (χ0v) is 14.8. The summed E-state index contributed by atoms with van der Waals surface area (Å²) in [6.45, 7) is 3.41. The van der Waals surface area contributed by atoms with Gasteiger partial charge in [-0.05, 0) is 30.7 Å². The molecule has 2 aromatic rings. The van der Waals surface area contributed by atoms with Gasteiger partial charge in [0.05, 0.1) is 0 Å². The van der Waals surface area contributed by atoms with Gasteiger partial charge in [0.2, 0.25) is 5.91 Å². The van der Waals surface area contributed by atoms with Crippen LogP contribution >= 0.6 is 15.9 Å². The van der Waals surface area contributed by atoms with E-state index in [9.17, 15) is 9.59 Å². The Labute approximate surface area is 143 Å². The Bertz CT molecular complexity index is 801. The van der Waals surface area contributed by atoms with Crippen LogP contribution in [0.4, 0.5) is 5.69 Å². The molecule has 0 bridgehead atoms. The van der Waals surface area contributed by atoms with Crippen molar-refractivity contribution in [1.82, 2.24) is 5.32 Å². The number of benzene rings is 2. The average Bonchev–Trinajstić information content (AvgIpc) is 2.70. The summed E-state index contributed by atoms with van der Waals surface area (Å²) in [5.74, 6) is -0.403. The highest BCUT2D eigenvalue weighted by Gasteiger charge is 2.51. The molecule has 0 fully saturated rings. The number of nitrogens with zero attached hydrogens (tertiary/aromatic N) is 1. The van der Waals surface area contributed by atoms with E-state index in [1.54, 1.807) is 11.9 Å². The molecule has 2 amide bonds. The van der Waals surface area contributed by atoms with E-state index in [4.69, 9.17) is 0 Å². The van der Waals surface area contributed by atoms with Crippen LogP contribution in [0.1, 0.15) is 23.6 Å². The number of amides is 2. The fourth-order valence-electron chi connectivity index (χ4n) is 3.15. The second-order valence-corrected chi connectivity index (χ2v) is 6.74. The Kier molecular flexibility index (Phi) is 3.76. The molecule has 0 saturated heterocycles. The molecule has 0 saturated carbocycles. The van der Waals surface area contributed by atoms with Gasteiger partial charge in [-0.3, -0.25) is 9.59 Å². The fourth-order valence-corrected chi connectivity index (χ4v) is 3.42. The predicted octanol–water partition coefficient (Wildman–Crippen LogP) is 3.11. The normalized spacial score (nSPS) is 19.7. The number of rotatable bonds is 2. The van der Waals surface area contributed by atoms with Gasteiger partial charge in [-0.25, -0.2) is 0 Å². The summed E-state index contributed by atoms with van der Waals surface area (Å²) in [7, 11) is 1.74. The van der Waals surface area contributed by atoms with Crippen molar-refractivity contribution in [1.29, 1.82) is 0 Å². The lowest BCUT2D eigenvalue weighted by molar-refractivity contribution is -0.128. The van der Waals surface area contributed by atoms with Crippen LogP contribution in [-0.4, -0.2) is 18.9 Å². The van der Waals surface area contributed by atoms with E-state index in [1.165, 1.54) is 6.92 Å². The van der Waals surface area contributed by atoms with E-state index in [0.29, 0.717) is 0 Å². The van der Waals surface area contributed by atoms with Crippen LogP contribution in [-0.2, 0) is 15.1 Å². The molecular formula is C18H17BrN2O2. The number of aryl methyl sites for hydroxylation is 1. The lowest BCUT2D eigenvalue weighted by atomic mass is 9.83. The molecule has 1 N–H and O–H groups in total. The third-order valence-electron chi connectivity index (χ3n) is 4.18. The number of anilines is 1. The largest absolute Gasteiger partial charge is 0.335 e. The minimum atomic E-state index is -1.18. The summed E-state index contributed by atoms with van der Waals surface area (Å²) in [6.07, 6.45) is 0. The van der Waals surface area contributed by atoms with E-state index in [1.807, 2.05) is 49.4 Å². The monoisotopic (exact) mass is 372 g/mol. The molecule has 3 rings (SSSR count). The number of carbonyl (C=O) groups is 2. The number of halogens is 1. The van der Waals surface area contributed by atoms with Crippen molar-refractivity contribution in [3.8, 4) is 0 Å². The summed E-state index contributed by atoms with van der Waals surface area (Å²) in [5, 5.41) is 2.91. The van der Waals surface area contributed by atoms with Crippen LogP contribution in [0.25, 0.3) is 0 Å². The Balaban J connectivity index is 2.32. The third kappa shape index (κ3) is 2.36. The van der Waals surface area contributed by atoms with Crippen molar-refractivity contribution in [2.24, 2.45) is 0 Å². The molecule has 2 aromatic carbocycles. The van der Waals surface area contributed by atoms with Crippen molar-refractivity contribution in [3.05, 3.63) is 63.6 Å². The fraction of sp³-hybridized carbons (Fsp3) is 0.222. The smallest absolute Gasteiger partial charge is 0.261 e. The summed E-state index contributed by atoms with van der Waals surface area (Å²) >= 11 is 3.41. The molecule has 4 nitrogen and oxygen atoms in total. The van der Waals surface area contributed by atoms with Crippen molar-refractivity contribution in [2.45, 2.75) is 19.4 Å². The minimum Gasteiger partial charge on any atom is -0.335 e. The van der Waals surface area contributed by atoms with E-state index in [-0.39, 0.29) is 11.8 Å². The molecule has 23 heavy (non-hydrogen) atoms. The van der Waals surface area contributed by atoms with Gasteiger partial charge in [-0.2, -0.15) is 0 Å². The molecule has 0 radical (unpaired) electrons. The van der Waals surface area contributed by atoms with Gasteiger partial charge < -0.3 is 10.2 Å². The van der Waals surface area contributed by atoms with Crippen LogP contribution in [0.15, 0.2) is 46.9 Å². The first-order valence-electron chi connectivity index (χ1n) is 7.30. The highest BCUT2D eigenvalue weighted by Crippen LogP contribution is 2.44. The van der Waals surface area contributed by atoms with Gasteiger partial charge in [0, 0.05) is 29.7 Å². The topological polar surface area (TPSA) is 49.4 Å². The first kappa shape index (κ1) is 15.7. The Hall–Kier alpha value is -2.14. The standard InChI is InChI=1S/C18H17BrN2O2/c1-11-4-9-16-15(10-11)18(20-12(2)22,17(23)21(16)3)13-5-7-14(19)8-6-13/h4-10H,1-3H3,(H,20,22). The molecule has 118 valence electrons. The summed E-state index contributed by atoms with van der Waals surface area (Å²) in [4.78, 5) is 26.6. The molecule has 5 heteroatoms. The molecule has 1 atom stereocenters. The predicted molar refractivity (Wildman–Crippen MR) is 93.3 cm³/mol. The highest BCUT2D eigenvalue weighted by molar-refractivity contribution is 9.10. The number of hydrogen-bond acceptors (Lipinski definition) is 2. The number of carbonyl (C=O) groups excluding carboxylic acids is 2. The molecule has 1 aliphatic rings. The van der Waals surface area contributed by atoms with Gasteiger partial charge >= 0.3 is 0 Å². The summed E-state index contributed by atoms with van der Waals surface area (Å²) in [6, 6.07) is 13.3. The van der Waals surface area contributed by atoms with E-state index < -0.39 is 5.54 Å². The van der Waals surface area contributed by atoms with Crippen molar-refractivity contribution in [3.63, 3.8) is 0 Å². The molecule has 1 aliphatic heterocycles. The average molecular weight is 373 g/mol. The Morgan fingerprint density at radius 2 is 1.83 bits per heavy atom. The summed E-state index contributed by atoms with van der Waals surface area (Å²) < 4.78 is 0.919. The molecule has 0 spiro atoms. The first-order chi connectivity index (χ1) is 10.9. The highest BCUT2D eigenvalue weighted by atomic mass is 79.9. The van der Waals surface area contributed by atoms with Gasteiger partial charge in [-0.15, -0.1) is 0 Å². The second kappa shape index (κ2) is 5.49. The van der Waals surface area contributed by atoms with Crippen LogP contribution in [0, 0.1) is 6.92 Å². The van der Waals surface area contributed by atoms with E-state index in [0.717, 1.165) is 26.9 Å². The number of fused-ring (bicyclic) bond motifs is 1. The second-order valence-electron chi connectivity index (χ2n) is 5.82. The Morgan fingerprint density at radius 3 is 2.43 bits per heavy atom. The molecule has 0 aliphatic carbocycles. The molecule has 1 heterocycles. The third-order valence-corrected chi connectivity index (χ3v) is 4.71. The first-order valence-corrected chi connectivity index (χ1v) is 8.09. The van der Waals surface area contributed by atoms with Crippen LogP contribution < -0.4 is 10.2 Å².